The third kappa shape index (κ3) is 4.61. The summed E-state index contributed by atoms with van der Waals surface area (Å²) in [6.07, 6.45) is 1.73. The number of para-hydroxylation sites is 1. The summed E-state index contributed by atoms with van der Waals surface area (Å²) in [6, 6.07) is 9.63. The van der Waals surface area contributed by atoms with Crippen LogP contribution >= 0.6 is 11.6 Å². The van der Waals surface area contributed by atoms with Crippen LogP contribution in [-0.4, -0.2) is 29.9 Å². The van der Waals surface area contributed by atoms with Crippen molar-refractivity contribution in [1.29, 1.82) is 0 Å². The van der Waals surface area contributed by atoms with Crippen LogP contribution in [0, 0.1) is 17.3 Å². The standard InChI is InChI=1S/C18H19ClN2O2/c1-18(2,13-19)17(22)21-10-3-4-12-23-15-9-5-7-14-8-6-11-20-16(14)15/h5-9,11H,10,12-13H2,1-2H3,(H,21,22). The molecule has 0 fully saturated rings. The highest BCUT2D eigenvalue weighted by molar-refractivity contribution is 6.19. The Labute approximate surface area is 141 Å². The van der Waals surface area contributed by atoms with Crippen molar-refractivity contribution < 1.29 is 9.53 Å². The van der Waals surface area contributed by atoms with E-state index in [0.29, 0.717) is 5.75 Å². The molecule has 0 spiro atoms. The second-order valence-electron chi connectivity index (χ2n) is 5.67. The third-order valence-corrected chi connectivity index (χ3v) is 3.97. The number of fused-ring (bicyclic) bond motifs is 1. The van der Waals surface area contributed by atoms with Crippen LogP contribution in [0.4, 0.5) is 0 Å². The van der Waals surface area contributed by atoms with Gasteiger partial charge in [-0.25, -0.2) is 0 Å². The minimum absolute atomic E-state index is 0.110. The molecule has 1 N–H and O–H groups in total. The number of aromatic nitrogens is 1. The molecule has 1 heterocycles. The molecule has 1 amide bonds. The van der Waals surface area contributed by atoms with Gasteiger partial charge < -0.3 is 10.1 Å². The number of carbonyl (C=O) groups is 1. The monoisotopic (exact) mass is 330 g/mol. The lowest BCUT2D eigenvalue weighted by molar-refractivity contribution is -0.128. The fraction of sp³-hybridized carbons (Fsp3) is 0.333. The Morgan fingerprint density at radius 3 is 2.87 bits per heavy atom. The molecule has 23 heavy (non-hydrogen) atoms. The zero-order valence-electron chi connectivity index (χ0n) is 13.2. The lowest BCUT2D eigenvalue weighted by Crippen LogP contribution is -2.38. The number of pyridine rings is 1. The summed E-state index contributed by atoms with van der Waals surface area (Å²) in [5.74, 6) is 6.59. The van der Waals surface area contributed by atoms with Gasteiger partial charge in [0.25, 0.3) is 0 Å². The number of benzene rings is 1. The molecule has 1 aromatic carbocycles. The lowest BCUT2D eigenvalue weighted by atomic mass is 9.95. The second kappa shape index (κ2) is 7.85. The molecule has 1 aromatic heterocycles. The summed E-state index contributed by atoms with van der Waals surface area (Å²) in [5, 5.41) is 3.76. The zero-order chi connectivity index (χ0) is 16.7. The van der Waals surface area contributed by atoms with Gasteiger partial charge >= 0.3 is 0 Å². The van der Waals surface area contributed by atoms with Crippen molar-refractivity contribution in [1.82, 2.24) is 10.3 Å². The minimum Gasteiger partial charge on any atom is -0.479 e. The van der Waals surface area contributed by atoms with Crippen molar-refractivity contribution >= 4 is 28.4 Å². The van der Waals surface area contributed by atoms with Crippen molar-refractivity contribution in [2.75, 3.05) is 19.0 Å². The van der Waals surface area contributed by atoms with Gasteiger partial charge in [0.05, 0.1) is 12.0 Å². The van der Waals surface area contributed by atoms with Crippen molar-refractivity contribution in [3.05, 3.63) is 36.5 Å². The van der Waals surface area contributed by atoms with Gasteiger partial charge in [0.1, 0.15) is 17.9 Å². The Morgan fingerprint density at radius 1 is 1.30 bits per heavy atom. The second-order valence-corrected chi connectivity index (χ2v) is 5.94. The molecule has 4 nitrogen and oxygen atoms in total. The molecule has 2 aromatic rings. The van der Waals surface area contributed by atoms with Crippen molar-refractivity contribution in [2.24, 2.45) is 5.41 Å². The number of nitrogens with one attached hydrogen (secondary N) is 1. The number of hydrogen-bond acceptors (Lipinski definition) is 3. The van der Waals surface area contributed by atoms with E-state index >= 15 is 0 Å². The maximum Gasteiger partial charge on any atom is 0.227 e. The Hall–Kier alpha value is -2.25. The van der Waals surface area contributed by atoms with Crippen molar-refractivity contribution in [2.45, 2.75) is 13.8 Å². The first-order valence-electron chi connectivity index (χ1n) is 7.31. The number of carbonyl (C=O) groups excluding carboxylic acids is 1. The SMILES string of the molecule is CC(C)(CCl)C(=O)NCC#CCOc1cccc2cccnc12. The smallest absolute Gasteiger partial charge is 0.227 e. The highest BCUT2D eigenvalue weighted by Gasteiger charge is 2.25. The van der Waals surface area contributed by atoms with E-state index in [1.807, 2.05) is 30.3 Å². The topological polar surface area (TPSA) is 51.2 Å². The van der Waals surface area contributed by atoms with Crippen LogP contribution in [-0.2, 0) is 4.79 Å². The quantitative estimate of drug-likeness (QED) is 0.677. The van der Waals surface area contributed by atoms with E-state index in [4.69, 9.17) is 16.3 Å². The molecule has 0 radical (unpaired) electrons. The molecule has 120 valence electrons. The molecule has 0 atom stereocenters. The molecular formula is C18H19ClN2O2. The van der Waals surface area contributed by atoms with Crippen LogP contribution in [0.5, 0.6) is 5.75 Å². The fourth-order valence-electron chi connectivity index (χ4n) is 1.84. The van der Waals surface area contributed by atoms with E-state index in [9.17, 15) is 4.79 Å². The van der Waals surface area contributed by atoms with Crippen LogP contribution in [0.3, 0.4) is 0 Å². The summed E-state index contributed by atoms with van der Waals surface area (Å²) in [5.41, 5.74) is 0.225. The molecule has 0 unspecified atom stereocenters. The Morgan fingerprint density at radius 2 is 2.09 bits per heavy atom. The van der Waals surface area contributed by atoms with Gasteiger partial charge in [0.2, 0.25) is 5.91 Å². The van der Waals surface area contributed by atoms with Gasteiger partial charge in [-0.1, -0.05) is 30.0 Å². The summed E-state index contributed by atoms with van der Waals surface area (Å²) in [6.45, 7) is 4.10. The minimum atomic E-state index is -0.589. The van der Waals surface area contributed by atoms with Gasteiger partial charge in [0.15, 0.2) is 0 Å². The maximum atomic E-state index is 11.8. The molecule has 0 saturated heterocycles. The largest absolute Gasteiger partial charge is 0.479 e. The molecule has 0 bridgehead atoms. The van der Waals surface area contributed by atoms with Crippen molar-refractivity contribution in [3.8, 4) is 17.6 Å². The predicted molar refractivity (Wildman–Crippen MR) is 92.5 cm³/mol. The number of amides is 1. The number of halogens is 1. The van der Waals surface area contributed by atoms with Crippen LogP contribution < -0.4 is 10.1 Å². The Balaban J connectivity index is 1.85. The average molecular weight is 331 g/mol. The molecule has 0 aliphatic heterocycles. The first-order chi connectivity index (χ1) is 11.0. The van der Waals surface area contributed by atoms with E-state index in [1.54, 1.807) is 20.0 Å². The summed E-state index contributed by atoms with van der Waals surface area (Å²) < 4.78 is 5.64. The molecular weight excluding hydrogens is 312 g/mol. The summed E-state index contributed by atoms with van der Waals surface area (Å²) in [4.78, 5) is 16.1. The molecule has 0 saturated carbocycles. The first kappa shape index (κ1) is 17.1. The number of alkyl halides is 1. The molecule has 2 rings (SSSR count). The lowest BCUT2D eigenvalue weighted by Gasteiger charge is -2.19. The fourth-order valence-corrected chi connectivity index (χ4v) is 1.97. The van der Waals surface area contributed by atoms with Crippen LogP contribution in [0.15, 0.2) is 36.5 Å². The van der Waals surface area contributed by atoms with Gasteiger partial charge in [-0.15, -0.1) is 11.6 Å². The van der Waals surface area contributed by atoms with E-state index < -0.39 is 5.41 Å². The normalized spacial score (nSPS) is 10.7. The molecule has 5 heteroatoms. The van der Waals surface area contributed by atoms with Crippen molar-refractivity contribution in [3.63, 3.8) is 0 Å². The van der Waals surface area contributed by atoms with Gasteiger partial charge in [0, 0.05) is 17.5 Å². The average Bonchev–Trinajstić information content (AvgIpc) is 2.57. The Bertz CT molecular complexity index is 742. The summed E-state index contributed by atoms with van der Waals surface area (Å²) in [7, 11) is 0. The van der Waals surface area contributed by atoms with E-state index in [-0.39, 0.29) is 24.9 Å². The van der Waals surface area contributed by atoms with Gasteiger partial charge in [-0.2, -0.15) is 0 Å². The number of hydrogen-bond donors (Lipinski definition) is 1. The van der Waals surface area contributed by atoms with E-state index in [1.165, 1.54) is 0 Å². The number of ether oxygens (including phenoxy) is 1. The highest BCUT2D eigenvalue weighted by Crippen LogP contribution is 2.22. The molecule has 0 aliphatic rings. The summed E-state index contributed by atoms with van der Waals surface area (Å²) >= 11 is 5.74. The first-order valence-corrected chi connectivity index (χ1v) is 7.84. The maximum absolute atomic E-state index is 11.8. The predicted octanol–water partition coefficient (Wildman–Crippen LogP) is 3.00. The zero-order valence-corrected chi connectivity index (χ0v) is 14.0. The van der Waals surface area contributed by atoms with Crippen LogP contribution in [0.25, 0.3) is 10.9 Å². The molecule has 0 aliphatic carbocycles. The Kier molecular flexibility index (Phi) is 5.84. The van der Waals surface area contributed by atoms with Gasteiger partial charge in [-0.05, 0) is 26.0 Å². The van der Waals surface area contributed by atoms with Crippen LogP contribution in [0.2, 0.25) is 0 Å². The number of rotatable bonds is 5. The third-order valence-electron chi connectivity index (χ3n) is 3.31. The number of nitrogens with zero attached hydrogens (tertiary/aromatic N) is 1. The van der Waals surface area contributed by atoms with E-state index in [2.05, 4.69) is 22.1 Å². The van der Waals surface area contributed by atoms with Crippen LogP contribution in [0.1, 0.15) is 13.8 Å². The van der Waals surface area contributed by atoms with Gasteiger partial charge in [-0.3, -0.25) is 9.78 Å². The highest BCUT2D eigenvalue weighted by atomic mass is 35.5. The van der Waals surface area contributed by atoms with E-state index in [0.717, 1.165) is 10.9 Å².